The van der Waals surface area contributed by atoms with Gasteiger partial charge in [0, 0.05) is 6.54 Å². The maximum Gasteiger partial charge on any atom is 0.270 e. The molecule has 2 heterocycles. The quantitative estimate of drug-likeness (QED) is 0.790. The summed E-state index contributed by atoms with van der Waals surface area (Å²) in [4.78, 5) is 17.1. The first-order valence-electron chi connectivity index (χ1n) is 5.82. The van der Waals surface area contributed by atoms with Gasteiger partial charge in [0.25, 0.3) is 5.56 Å². The van der Waals surface area contributed by atoms with Gasteiger partial charge in [0.1, 0.15) is 0 Å². The monoisotopic (exact) mass is 256 g/mol. The third-order valence-electron chi connectivity index (χ3n) is 2.79. The van der Waals surface area contributed by atoms with Gasteiger partial charge in [-0.25, -0.2) is 0 Å². The Hall–Kier alpha value is -1.94. The molecule has 0 saturated heterocycles. The summed E-state index contributed by atoms with van der Waals surface area (Å²) in [5, 5.41) is 0. The molecule has 1 aliphatic heterocycles. The highest BCUT2D eigenvalue weighted by Gasteiger charge is 2.08. The third kappa shape index (κ3) is 2.07. The highest BCUT2D eigenvalue weighted by Crippen LogP contribution is 2.00. The molecule has 0 saturated carbocycles. The van der Waals surface area contributed by atoms with Gasteiger partial charge >= 0.3 is 0 Å². The molecule has 0 bridgehead atoms. The van der Waals surface area contributed by atoms with Crippen molar-refractivity contribution in [3.8, 4) is 0 Å². The lowest BCUT2D eigenvalue weighted by atomic mass is 10.2. The van der Waals surface area contributed by atoms with Crippen molar-refractivity contribution in [2.75, 3.05) is 6.54 Å². The largest absolute Gasteiger partial charge is 0.282 e. The van der Waals surface area contributed by atoms with E-state index in [0.717, 1.165) is 28.0 Å². The lowest BCUT2D eigenvalue weighted by Crippen LogP contribution is -2.29. The zero-order chi connectivity index (χ0) is 12.4. The Kier molecular flexibility index (Phi) is 2.94. The van der Waals surface area contributed by atoms with Crippen molar-refractivity contribution < 1.29 is 0 Å². The molecule has 0 N–H and O–H groups in total. The van der Waals surface area contributed by atoms with Gasteiger partial charge in [-0.3, -0.25) is 14.4 Å². The summed E-state index contributed by atoms with van der Waals surface area (Å²) in [5.74, 6) is 0. The zero-order valence-electron chi connectivity index (χ0n) is 9.74. The van der Waals surface area contributed by atoms with Crippen LogP contribution in [0.4, 0.5) is 0 Å². The number of thiazole rings is 1. The van der Waals surface area contributed by atoms with E-state index < -0.39 is 0 Å². The van der Waals surface area contributed by atoms with Gasteiger partial charge in [-0.15, -0.1) is 0 Å². The summed E-state index contributed by atoms with van der Waals surface area (Å²) in [6.07, 6.45) is 5.77. The van der Waals surface area contributed by atoms with Gasteiger partial charge in [0.2, 0.25) is 0 Å². The van der Waals surface area contributed by atoms with E-state index in [2.05, 4.69) is 4.99 Å². The van der Waals surface area contributed by atoms with Crippen molar-refractivity contribution in [3.63, 3.8) is 0 Å². The Morgan fingerprint density at radius 2 is 2.11 bits per heavy atom. The summed E-state index contributed by atoms with van der Waals surface area (Å²) in [7, 11) is 0. The van der Waals surface area contributed by atoms with Crippen LogP contribution in [0.15, 0.2) is 46.2 Å². The molecule has 0 unspecified atom stereocenters. The molecule has 0 radical (unpaired) electrons. The number of hydrogen-bond acceptors (Lipinski definition) is 3. The average molecular weight is 256 g/mol. The molecule has 1 aromatic carbocycles. The van der Waals surface area contributed by atoms with Gasteiger partial charge in [0.05, 0.1) is 11.1 Å². The number of aromatic nitrogens is 1. The molecular weight excluding hydrogens is 244 g/mol. The van der Waals surface area contributed by atoms with Gasteiger partial charge < -0.3 is 0 Å². The fourth-order valence-corrected chi connectivity index (χ4v) is 2.87. The number of fused-ring (bicyclic) bond motifs is 1. The second-order valence-corrected chi connectivity index (χ2v) is 5.03. The summed E-state index contributed by atoms with van der Waals surface area (Å²) >= 11 is 1.46. The molecule has 2 aromatic rings. The van der Waals surface area contributed by atoms with Crippen LogP contribution >= 0.6 is 11.3 Å². The molecule has 3 rings (SSSR count). The van der Waals surface area contributed by atoms with Gasteiger partial charge in [-0.1, -0.05) is 53.8 Å². The number of benzene rings is 1. The number of rotatable bonds is 2. The van der Waals surface area contributed by atoms with Crippen molar-refractivity contribution in [3.05, 3.63) is 61.7 Å². The van der Waals surface area contributed by atoms with Crippen LogP contribution in [-0.4, -0.2) is 11.1 Å². The molecule has 1 aliphatic rings. The average Bonchev–Trinajstić information content (AvgIpc) is 2.96. The van der Waals surface area contributed by atoms with Crippen LogP contribution in [-0.2, 0) is 6.54 Å². The van der Waals surface area contributed by atoms with E-state index in [9.17, 15) is 4.79 Å². The number of hydrogen-bond donors (Lipinski definition) is 0. The second-order valence-electron chi connectivity index (χ2n) is 4.02. The lowest BCUT2D eigenvalue weighted by molar-refractivity contribution is 0.740. The number of allylic oxidation sites excluding steroid dienone is 1. The molecule has 0 amide bonds. The smallest absolute Gasteiger partial charge is 0.270 e. The van der Waals surface area contributed by atoms with Gasteiger partial charge in [-0.2, -0.15) is 0 Å². The molecule has 90 valence electrons. The molecule has 0 fully saturated rings. The highest BCUT2D eigenvalue weighted by molar-refractivity contribution is 7.07. The van der Waals surface area contributed by atoms with E-state index in [1.54, 1.807) is 4.57 Å². The SMILES string of the molecule is O=c1/c(=C\C=C/c2ccccc2)sc2n1CCN=2. The normalized spacial score (nSPS) is 15.0. The molecule has 0 spiro atoms. The lowest BCUT2D eigenvalue weighted by Gasteiger charge is -1.88. The van der Waals surface area contributed by atoms with E-state index in [1.807, 2.05) is 48.6 Å². The minimum atomic E-state index is 0.0777. The van der Waals surface area contributed by atoms with E-state index in [0.29, 0.717) is 0 Å². The van der Waals surface area contributed by atoms with E-state index in [1.165, 1.54) is 11.3 Å². The Balaban J connectivity index is 1.95. The fraction of sp³-hybridized carbons (Fsp3) is 0.143. The maximum absolute atomic E-state index is 12.0. The maximum atomic E-state index is 12.0. The Bertz CT molecular complexity index is 753. The Labute approximate surface area is 108 Å². The van der Waals surface area contributed by atoms with Crippen molar-refractivity contribution in [2.24, 2.45) is 4.99 Å². The second kappa shape index (κ2) is 4.74. The Morgan fingerprint density at radius 1 is 1.28 bits per heavy atom. The minimum Gasteiger partial charge on any atom is -0.282 e. The van der Waals surface area contributed by atoms with E-state index >= 15 is 0 Å². The first-order valence-corrected chi connectivity index (χ1v) is 6.64. The van der Waals surface area contributed by atoms with Crippen molar-refractivity contribution in [1.29, 1.82) is 0 Å². The van der Waals surface area contributed by atoms with Crippen molar-refractivity contribution in [1.82, 2.24) is 4.57 Å². The molecule has 0 aliphatic carbocycles. The van der Waals surface area contributed by atoms with Crippen LogP contribution in [0.1, 0.15) is 5.56 Å². The molecule has 0 atom stereocenters. The first-order chi connectivity index (χ1) is 8.84. The first kappa shape index (κ1) is 11.2. The van der Waals surface area contributed by atoms with Crippen molar-refractivity contribution in [2.45, 2.75) is 6.54 Å². The standard InChI is InChI=1S/C14H12N2OS/c17-13-12(18-14-15-9-10-16(13)14)8-4-7-11-5-2-1-3-6-11/h1-8H,9-10H2/b7-4-,12-8+. The highest BCUT2D eigenvalue weighted by atomic mass is 32.1. The molecule has 18 heavy (non-hydrogen) atoms. The fourth-order valence-electron chi connectivity index (χ4n) is 1.89. The zero-order valence-corrected chi connectivity index (χ0v) is 10.6. The third-order valence-corrected chi connectivity index (χ3v) is 3.86. The van der Waals surface area contributed by atoms with Crippen LogP contribution in [0.2, 0.25) is 0 Å². The molecule has 3 nitrogen and oxygen atoms in total. The summed E-state index contributed by atoms with van der Waals surface area (Å²) in [5.41, 5.74) is 1.21. The summed E-state index contributed by atoms with van der Waals surface area (Å²) < 4.78 is 2.49. The van der Waals surface area contributed by atoms with Gasteiger partial charge in [0.15, 0.2) is 4.80 Å². The van der Waals surface area contributed by atoms with Crippen LogP contribution in [0, 0.1) is 0 Å². The Morgan fingerprint density at radius 3 is 2.89 bits per heavy atom. The molecule has 1 aromatic heterocycles. The summed E-state index contributed by atoms with van der Waals surface area (Å²) in [6, 6.07) is 10.0. The molecule has 4 heteroatoms. The minimum absolute atomic E-state index is 0.0777. The number of nitrogens with zero attached hydrogens (tertiary/aromatic N) is 2. The molecular formula is C14H12N2OS. The van der Waals surface area contributed by atoms with E-state index in [-0.39, 0.29) is 5.56 Å². The predicted molar refractivity (Wildman–Crippen MR) is 74.2 cm³/mol. The van der Waals surface area contributed by atoms with Crippen LogP contribution in [0.3, 0.4) is 0 Å². The summed E-state index contributed by atoms with van der Waals surface area (Å²) in [6.45, 7) is 1.46. The van der Waals surface area contributed by atoms with Crippen LogP contribution in [0.5, 0.6) is 0 Å². The predicted octanol–water partition coefficient (Wildman–Crippen LogP) is 1.04. The van der Waals surface area contributed by atoms with Crippen LogP contribution in [0.25, 0.3) is 12.2 Å². The topological polar surface area (TPSA) is 34.4 Å². The van der Waals surface area contributed by atoms with Gasteiger partial charge in [-0.05, 0) is 11.6 Å². The van der Waals surface area contributed by atoms with Crippen LogP contribution < -0.4 is 14.9 Å². The van der Waals surface area contributed by atoms with E-state index in [4.69, 9.17) is 0 Å². The van der Waals surface area contributed by atoms with Crippen molar-refractivity contribution >= 4 is 23.5 Å².